The Bertz CT molecular complexity index is 1260. The molecule has 6 nitrogen and oxygen atoms in total. The average molecular weight is 572 g/mol. The summed E-state index contributed by atoms with van der Waals surface area (Å²) in [6.07, 6.45) is 4.96. The highest BCUT2D eigenvalue weighted by molar-refractivity contribution is 9.10. The van der Waals surface area contributed by atoms with Crippen LogP contribution in [0.5, 0.6) is 0 Å². The van der Waals surface area contributed by atoms with Crippen LogP contribution in [0.3, 0.4) is 0 Å². The van der Waals surface area contributed by atoms with Gasteiger partial charge < -0.3 is 24.5 Å². The third-order valence-corrected chi connectivity index (χ3v) is 8.81. The van der Waals surface area contributed by atoms with Gasteiger partial charge in [-0.2, -0.15) is 0 Å². The Morgan fingerprint density at radius 2 is 1.97 bits per heavy atom. The number of pyridine rings is 1. The van der Waals surface area contributed by atoms with Crippen molar-refractivity contribution in [2.24, 2.45) is 5.41 Å². The van der Waals surface area contributed by atoms with Crippen LogP contribution >= 0.6 is 15.9 Å². The molecule has 3 N–H and O–H groups in total. The summed E-state index contributed by atoms with van der Waals surface area (Å²) in [5.41, 5.74) is 6.87. The molecule has 37 heavy (non-hydrogen) atoms. The molecular weight excluding hydrogens is 530 g/mol. The third kappa shape index (κ3) is 5.26. The molecular formula is C30H41BrN3O3+. The van der Waals surface area contributed by atoms with E-state index in [-0.39, 0.29) is 18.1 Å². The number of hydrogen-bond acceptors (Lipinski definition) is 4. The minimum absolute atomic E-state index is 0.127. The van der Waals surface area contributed by atoms with E-state index in [1.807, 2.05) is 0 Å². The van der Waals surface area contributed by atoms with Crippen molar-refractivity contribution < 1.29 is 19.9 Å². The first-order valence-electron chi connectivity index (χ1n) is 13.6. The zero-order chi connectivity index (χ0) is 26.3. The number of nitrogens with two attached hydrogens (primary N) is 1. The quantitative estimate of drug-likeness (QED) is 0.401. The number of aryl methyl sites for hydroxylation is 1. The van der Waals surface area contributed by atoms with E-state index in [0.717, 1.165) is 54.8 Å². The Morgan fingerprint density at radius 1 is 1.24 bits per heavy atom. The number of rotatable bonds is 8. The van der Waals surface area contributed by atoms with Gasteiger partial charge in [-0.25, -0.2) is 0 Å². The van der Waals surface area contributed by atoms with Crippen LogP contribution in [-0.2, 0) is 22.4 Å². The van der Waals surface area contributed by atoms with Crippen molar-refractivity contribution in [3.63, 3.8) is 0 Å². The lowest BCUT2D eigenvalue weighted by atomic mass is 9.81. The smallest absolute Gasteiger partial charge is 0.110 e. The number of quaternary nitrogens is 1. The number of aromatic nitrogens is 2. The fourth-order valence-electron chi connectivity index (χ4n) is 6.35. The van der Waals surface area contributed by atoms with Gasteiger partial charge in [-0.05, 0) is 67.0 Å². The first kappa shape index (κ1) is 26.8. The molecule has 0 amide bonds. The van der Waals surface area contributed by atoms with Gasteiger partial charge in [0.2, 0.25) is 0 Å². The highest BCUT2D eigenvalue weighted by Crippen LogP contribution is 2.42. The van der Waals surface area contributed by atoms with E-state index in [4.69, 9.17) is 14.5 Å². The molecule has 4 atom stereocenters. The fraction of sp³-hybridized carbons (Fsp3) is 0.567. The molecule has 5 rings (SSSR count). The molecule has 2 saturated heterocycles. The summed E-state index contributed by atoms with van der Waals surface area (Å²) < 4.78 is 15.2. The number of nitrogens with zero attached hydrogens (tertiary/aromatic N) is 2. The van der Waals surface area contributed by atoms with Crippen LogP contribution in [0.25, 0.3) is 22.2 Å². The van der Waals surface area contributed by atoms with E-state index in [9.17, 15) is 5.11 Å². The van der Waals surface area contributed by atoms with Crippen molar-refractivity contribution in [1.29, 1.82) is 0 Å². The molecule has 2 aliphatic rings. The van der Waals surface area contributed by atoms with Crippen LogP contribution in [0.2, 0.25) is 0 Å². The summed E-state index contributed by atoms with van der Waals surface area (Å²) in [5, 5.41) is 14.0. The minimum Gasteiger partial charge on any atom is -0.396 e. The van der Waals surface area contributed by atoms with Gasteiger partial charge >= 0.3 is 0 Å². The normalized spacial score (nSPS) is 22.9. The second-order valence-electron chi connectivity index (χ2n) is 11.7. The van der Waals surface area contributed by atoms with Gasteiger partial charge in [-0.1, -0.05) is 29.8 Å². The van der Waals surface area contributed by atoms with Gasteiger partial charge in [0.1, 0.15) is 12.1 Å². The monoisotopic (exact) mass is 570 g/mol. The highest BCUT2D eigenvalue weighted by Gasteiger charge is 2.37. The number of aliphatic hydroxyl groups excluding tert-OH is 1. The van der Waals surface area contributed by atoms with Gasteiger partial charge in [0.05, 0.1) is 30.7 Å². The maximum atomic E-state index is 10.2. The highest BCUT2D eigenvalue weighted by atomic mass is 79.9. The molecule has 4 heterocycles. The summed E-state index contributed by atoms with van der Waals surface area (Å²) in [6.45, 7) is 11.2. The molecule has 2 aromatic heterocycles. The molecule has 1 unspecified atom stereocenters. The summed E-state index contributed by atoms with van der Waals surface area (Å²) in [6, 6.07) is 10.00. The second kappa shape index (κ2) is 10.8. The van der Waals surface area contributed by atoms with Crippen molar-refractivity contribution in [3.05, 3.63) is 51.8 Å². The fourth-order valence-corrected chi connectivity index (χ4v) is 6.71. The van der Waals surface area contributed by atoms with Gasteiger partial charge in [0.25, 0.3) is 0 Å². The predicted octanol–water partition coefficient (Wildman–Crippen LogP) is 4.96. The lowest BCUT2D eigenvalue weighted by Crippen LogP contribution is -3.00. The van der Waals surface area contributed by atoms with E-state index >= 15 is 0 Å². The lowest BCUT2D eigenvalue weighted by molar-refractivity contribution is -0.746. The standard InChI is InChI=1S/C30H40BrN3O3/c1-6-34-27-8-7-21(31)12-24(27)26(13-30(3,4)17-35)29(34)25-11-20(14-32-28(25)18(2)36-5)19-9-22-15-37-16-23(10-19)33-22/h7-8,11-12,14,18-19,22-23,33,35H,6,9-10,13,15-17H2,1-5H3/p+1/t18-,19?,22-,23+/m0/s1. The summed E-state index contributed by atoms with van der Waals surface area (Å²) >= 11 is 3.71. The molecule has 200 valence electrons. The number of fused-ring (bicyclic) bond motifs is 3. The van der Waals surface area contributed by atoms with E-state index in [0.29, 0.717) is 18.0 Å². The van der Waals surface area contributed by atoms with Crippen molar-refractivity contribution in [2.75, 3.05) is 26.9 Å². The maximum absolute atomic E-state index is 10.2. The van der Waals surface area contributed by atoms with E-state index < -0.39 is 0 Å². The molecule has 2 fully saturated rings. The van der Waals surface area contributed by atoms with Crippen LogP contribution in [-0.4, -0.2) is 53.7 Å². The van der Waals surface area contributed by atoms with Gasteiger partial charge in [0.15, 0.2) is 0 Å². The Morgan fingerprint density at radius 3 is 2.62 bits per heavy atom. The van der Waals surface area contributed by atoms with Crippen molar-refractivity contribution in [3.8, 4) is 11.3 Å². The lowest BCUT2D eigenvalue weighted by Gasteiger charge is -2.37. The van der Waals surface area contributed by atoms with Crippen molar-refractivity contribution in [2.45, 2.75) is 77.6 Å². The Kier molecular flexibility index (Phi) is 7.81. The first-order chi connectivity index (χ1) is 17.7. The molecule has 0 spiro atoms. The average Bonchev–Trinajstić information content (AvgIpc) is 3.19. The zero-order valence-corrected chi connectivity index (χ0v) is 24.3. The Balaban J connectivity index is 1.73. The number of morpholine rings is 1. The number of methoxy groups -OCH3 is 1. The zero-order valence-electron chi connectivity index (χ0n) is 22.8. The summed E-state index contributed by atoms with van der Waals surface area (Å²) in [4.78, 5) is 5.08. The van der Waals surface area contributed by atoms with E-state index in [2.05, 4.69) is 84.0 Å². The second-order valence-corrected chi connectivity index (χ2v) is 12.6. The Hall–Kier alpha value is -1.77. The van der Waals surface area contributed by atoms with Crippen LogP contribution in [0.15, 0.2) is 34.9 Å². The van der Waals surface area contributed by atoms with E-state index in [1.165, 1.54) is 27.7 Å². The van der Waals surface area contributed by atoms with Crippen molar-refractivity contribution in [1.82, 2.24) is 9.55 Å². The Labute approximate surface area is 228 Å². The number of aliphatic hydroxyl groups is 1. The van der Waals surface area contributed by atoms with Gasteiger partial charge in [-0.15, -0.1) is 0 Å². The third-order valence-electron chi connectivity index (χ3n) is 8.32. The molecule has 1 aromatic carbocycles. The number of hydrogen-bond donors (Lipinski definition) is 2. The SMILES string of the molecule is CCn1c(-c2cc(C3C[C@H]4COC[C@@H](C3)[NH2+]4)cnc2[C@H](C)OC)c(CC(C)(C)CO)c2cc(Br)ccc21. The largest absolute Gasteiger partial charge is 0.396 e. The molecule has 0 radical (unpaired) electrons. The summed E-state index contributed by atoms with van der Waals surface area (Å²) in [7, 11) is 1.75. The molecule has 0 saturated carbocycles. The van der Waals surface area contributed by atoms with Gasteiger partial charge in [-0.3, -0.25) is 4.98 Å². The molecule has 2 aliphatic heterocycles. The minimum atomic E-state index is -0.251. The van der Waals surface area contributed by atoms with Crippen LogP contribution in [0.1, 0.15) is 69.4 Å². The van der Waals surface area contributed by atoms with Crippen molar-refractivity contribution >= 4 is 26.8 Å². The number of ether oxygens (including phenoxy) is 2. The maximum Gasteiger partial charge on any atom is 0.110 e. The summed E-state index contributed by atoms with van der Waals surface area (Å²) in [5.74, 6) is 0.480. The molecule has 2 bridgehead atoms. The first-order valence-corrected chi connectivity index (χ1v) is 14.4. The van der Waals surface area contributed by atoms with E-state index in [1.54, 1.807) is 7.11 Å². The predicted molar refractivity (Wildman–Crippen MR) is 151 cm³/mol. The van der Waals surface area contributed by atoms with Gasteiger partial charge in [0, 0.05) is 60.2 Å². The molecule has 3 aromatic rings. The van der Waals surface area contributed by atoms with Crippen LogP contribution < -0.4 is 5.32 Å². The number of halogens is 1. The van der Waals surface area contributed by atoms with Crippen LogP contribution in [0.4, 0.5) is 0 Å². The number of piperidine rings is 1. The topological polar surface area (TPSA) is 73.1 Å². The molecule has 0 aliphatic carbocycles. The number of benzene rings is 1. The molecule has 7 heteroatoms. The van der Waals surface area contributed by atoms with Crippen LogP contribution in [0, 0.1) is 5.41 Å².